The first kappa shape index (κ1) is 17.7. The average molecular weight is 371 g/mol. The lowest BCUT2D eigenvalue weighted by molar-refractivity contribution is 0.362. The number of furan rings is 1. The minimum absolute atomic E-state index is 0.523. The van der Waals surface area contributed by atoms with Crippen molar-refractivity contribution in [2.75, 3.05) is 5.32 Å². The van der Waals surface area contributed by atoms with Gasteiger partial charge < -0.3 is 14.6 Å². The van der Waals surface area contributed by atoms with Gasteiger partial charge in [-0.05, 0) is 59.4 Å². The van der Waals surface area contributed by atoms with Crippen LogP contribution in [0.5, 0.6) is 0 Å². The lowest BCUT2D eigenvalue weighted by atomic mass is 10.0. The molecule has 2 aromatic heterocycles. The number of benzene rings is 1. The summed E-state index contributed by atoms with van der Waals surface area (Å²) in [6.07, 6.45) is 1.69. The summed E-state index contributed by atoms with van der Waals surface area (Å²) in [4.78, 5) is 3.39. The van der Waals surface area contributed by atoms with Gasteiger partial charge in [0.15, 0.2) is 5.11 Å². The standard InChI is InChI=1S/C20H22N2OS2/c1-15(2)16-7-9-17(10-8-16)21-20(24)22(13-18-5-3-11-23-18)14-19-6-4-12-25-19/h3-12,15H,13-14H2,1-2H3,(H,21,24). The molecule has 0 bridgehead atoms. The van der Waals surface area contributed by atoms with E-state index in [9.17, 15) is 0 Å². The first-order chi connectivity index (χ1) is 12.1. The highest BCUT2D eigenvalue weighted by atomic mass is 32.1. The van der Waals surface area contributed by atoms with Crippen LogP contribution in [0.4, 0.5) is 5.69 Å². The van der Waals surface area contributed by atoms with E-state index in [0.717, 1.165) is 18.0 Å². The van der Waals surface area contributed by atoms with E-state index >= 15 is 0 Å². The van der Waals surface area contributed by atoms with Crippen LogP contribution in [-0.2, 0) is 13.1 Å². The third-order valence-corrected chi connectivity index (χ3v) is 5.19. The highest BCUT2D eigenvalue weighted by Gasteiger charge is 2.14. The van der Waals surface area contributed by atoms with Crippen molar-refractivity contribution in [2.24, 2.45) is 0 Å². The Labute approximate surface area is 158 Å². The van der Waals surface area contributed by atoms with E-state index in [1.165, 1.54) is 10.4 Å². The molecule has 0 amide bonds. The maximum atomic E-state index is 5.67. The number of thiocarbonyl (C=S) groups is 1. The predicted octanol–water partition coefficient (Wildman–Crippen LogP) is 5.86. The molecule has 0 spiro atoms. The molecule has 0 aliphatic rings. The molecule has 3 rings (SSSR count). The molecule has 0 saturated carbocycles. The topological polar surface area (TPSA) is 28.4 Å². The Kier molecular flexibility index (Phi) is 5.89. The van der Waals surface area contributed by atoms with Crippen molar-refractivity contribution in [1.82, 2.24) is 4.90 Å². The van der Waals surface area contributed by atoms with Crippen molar-refractivity contribution in [1.29, 1.82) is 0 Å². The number of thiophene rings is 1. The van der Waals surface area contributed by atoms with Crippen molar-refractivity contribution in [3.63, 3.8) is 0 Å². The molecule has 0 radical (unpaired) electrons. The summed E-state index contributed by atoms with van der Waals surface area (Å²) in [5.41, 5.74) is 2.33. The summed E-state index contributed by atoms with van der Waals surface area (Å²) in [5.74, 6) is 1.42. The predicted molar refractivity (Wildman–Crippen MR) is 109 cm³/mol. The SMILES string of the molecule is CC(C)c1ccc(NC(=S)N(Cc2ccco2)Cc2cccs2)cc1. The zero-order valence-corrected chi connectivity index (χ0v) is 16.1. The van der Waals surface area contributed by atoms with E-state index in [0.29, 0.717) is 17.6 Å². The van der Waals surface area contributed by atoms with Crippen LogP contribution in [-0.4, -0.2) is 10.0 Å². The molecular weight excluding hydrogens is 348 g/mol. The van der Waals surface area contributed by atoms with Crippen molar-refractivity contribution in [3.05, 3.63) is 76.4 Å². The van der Waals surface area contributed by atoms with Crippen molar-refractivity contribution < 1.29 is 4.42 Å². The normalized spacial score (nSPS) is 10.8. The molecular formula is C20H22N2OS2. The van der Waals surface area contributed by atoms with E-state index in [4.69, 9.17) is 16.6 Å². The molecule has 3 aromatic rings. The van der Waals surface area contributed by atoms with Gasteiger partial charge in [-0.15, -0.1) is 11.3 Å². The van der Waals surface area contributed by atoms with Gasteiger partial charge >= 0.3 is 0 Å². The van der Waals surface area contributed by atoms with Gasteiger partial charge in [0, 0.05) is 10.6 Å². The van der Waals surface area contributed by atoms with Crippen LogP contribution in [0.15, 0.2) is 64.6 Å². The van der Waals surface area contributed by atoms with Crippen LogP contribution < -0.4 is 5.32 Å². The first-order valence-corrected chi connectivity index (χ1v) is 9.61. The van der Waals surface area contributed by atoms with Gasteiger partial charge in [0.1, 0.15) is 5.76 Å². The van der Waals surface area contributed by atoms with Crippen molar-refractivity contribution in [2.45, 2.75) is 32.9 Å². The summed E-state index contributed by atoms with van der Waals surface area (Å²) in [6.45, 7) is 5.79. The van der Waals surface area contributed by atoms with Crippen LogP contribution in [0, 0.1) is 0 Å². The van der Waals surface area contributed by atoms with E-state index < -0.39 is 0 Å². The van der Waals surface area contributed by atoms with Crippen molar-refractivity contribution in [3.8, 4) is 0 Å². The van der Waals surface area contributed by atoms with Gasteiger partial charge in [0.05, 0.1) is 19.4 Å². The Morgan fingerprint density at radius 3 is 2.52 bits per heavy atom. The number of hydrogen-bond acceptors (Lipinski definition) is 3. The fourth-order valence-corrected chi connectivity index (χ4v) is 3.50. The Balaban J connectivity index is 1.71. The van der Waals surface area contributed by atoms with Crippen LogP contribution in [0.1, 0.15) is 36.0 Å². The molecule has 0 unspecified atom stereocenters. The number of anilines is 1. The van der Waals surface area contributed by atoms with Gasteiger partial charge in [-0.1, -0.05) is 32.0 Å². The van der Waals surface area contributed by atoms with Crippen LogP contribution in [0.2, 0.25) is 0 Å². The molecule has 1 N–H and O–H groups in total. The number of hydrogen-bond donors (Lipinski definition) is 1. The molecule has 25 heavy (non-hydrogen) atoms. The molecule has 0 saturated heterocycles. The molecule has 0 atom stereocenters. The van der Waals surface area contributed by atoms with Gasteiger partial charge in [-0.25, -0.2) is 0 Å². The fraction of sp³-hybridized carbons (Fsp3) is 0.250. The Hall–Kier alpha value is -2.11. The lowest BCUT2D eigenvalue weighted by Crippen LogP contribution is -2.33. The molecule has 0 aliphatic heterocycles. The highest BCUT2D eigenvalue weighted by Crippen LogP contribution is 2.19. The molecule has 0 fully saturated rings. The smallest absolute Gasteiger partial charge is 0.174 e. The fourth-order valence-electron chi connectivity index (χ4n) is 2.53. The maximum absolute atomic E-state index is 5.67. The zero-order chi connectivity index (χ0) is 17.6. The van der Waals surface area contributed by atoms with E-state index in [-0.39, 0.29) is 0 Å². The Morgan fingerprint density at radius 2 is 1.92 bits per heavy atom. The maximum Gasteiger partial charge on any atom is 0.174 e. The third kappa shape index (κ3) is 4.94. The quantitative estimate of drug-likeness (QED) is 0.550. The number of nitrogens with one attached hydrogen (secondary N) is 1. The lowest BCUT2D eigenvalue weighted by Gasteiger charge is -2.24. The molecule has 0 aliphatic carbocycles. The second-order valence-electron chi connectivity index (χ2n) is 6.22. The summed E-state index contributed by atoms with van der Waals surface area (Å²) in [5, 5.41) is 6.13. The molecule has 5 heteroatoms. The van der Waals surface area contributed by atoms with Gasteiger partial charge in [0.25, 0.3) is 0 Å². The minimum atomic E-state index is 0.523. The van der Waals surface area contributed by atoms with Crippen molar-refractivity contribution >= 4 is 34.4 Å². The second-order valence-corrected chi connectivity index (χ2v) is 7.64. The van der Waals surface area contributed by atoms with Crippen LogP contribution in [0.3, 0.4) is 0 Å². The van der Waals surface area contributed by atoms with Gasteiger partial charge in [-0.3, -0.25) is 0 Å². The highest BCUT2D eigenvalue weighted by molar-refractivity contribution is 7.80. The van der Waals surface area contributed by atoms with E-state index in [2.05, 4.69) is 65.8 Å². The summed E-state index contributed by atoms with van der Waals surface area (Å²) >= 11 is 7.40. The Bertz CT molecular complexity index is 741. The van der Waals surface area contributed by atoms with E-state index in [1.807, 2.05) is 12.1 Å². The van der Waals surface area contributed by atoms with Crippen LogP contribution in [0.25, 0.3) is 0 Å². The number of nitrogens with zero attached hydrogens (tertiary/aromatic N) is 1. The largest absolute Gasteiger partial charge is 0.467 e. The summed E-state index contributed by atoms with van der Waals surface area (Å²) in [7, 11) is 0. The zero-order valence-electron chi connectivity index (χ0n) is 14.4. The minimum Gasteiger partial charge on any atom is -0.467 e. The number of rotatable bonds is 6. The summed E-state index contributed by atoms with van der Waals surface area (Å²) < 4.78 is 5.50. The third-order valence-electron chi connectivity index (χ3n) is 3.97. The molecule has 130 valence electrons. The Morgan fingerprint density at radius 1 is 1.12 bits per heavy atom. The summed E-state index contributed by atoms with van der Waals surface area (Å²) in [6, 6.07) is 16.5. The monoisotopic (exact) mass is 370 g/mol. The van der Waals surface area contributed by atoms with E-state index in [1.54, 1.807) is 17.6 Å². The average Bonchev–Trinajstić information content (AvgIpc) is 3.28. The molecule has 1 aromatic carbocycles. The van der Waals surface area contributed by atoms with Crippen LogP contribution >= 0.6 is 23.6 Å². The second kappa shape index (κ2) is 8.32. The molecule has 3 nitrogen and oxygen atoms in total. The molecule has 2 heterocycles. The first-order valence-electron chi connectivity index (χ1n) is 8.32. The van der Waals surface area contributed by atoms with Gasteiger partial charge in [-0.2, -0.15) is 0 Å². The van der Waals surface area contributed by atoms with Gasteiger partial charge in [0.2, 0.25) is 0 Å².